The van der Waals surface area contributed by atoms with Crippen LogP contribution in [0.1, 0.15) is 20.3 Å². The van der Waals surface area contributed by atoms with Gasteiger partial charge in [-0.2, -0.15) is 0 Å². The van der Waals surface area contributed by atoms with Crippen molar-refractivity contribution in [2.45, 2.75) is 26.4 Å². The van der Waals surface area contributed by atoms with Gasteiger partial charge in [0.05, 0.1) is 11.8 Å². The molecule has 0 bridgehead atoms. The fourth-order valence-electron chi connectivity index (χ4n) is 2.06. The van der Waals surface area contributed by atoms with Crippen LogP contribution < -0.4 is 15.4 Å². The number of amides is 1. The average Bonchev–Trinajstić information content (AvgIpc) is 2.49. The summed E-state index contributed by atoms with van der Waals surface area (Å²) in [6.45, 7) is 4.43. The standard InChI is InChI=1S/C18H21ClN2O2/c1-13(2)23-17-9-4-3-8-16(17)21-18(22)10-11-20-15-7-5-6-14(19)12-15/h3-9,12-13,20H,10-11H2,1-2H3,(H,21,22). The SMILES string of the molecule is CC(C)Oc1ccccc1NC(=O)CCNc1cccc(Cl)c1. The Morgan fingerprint density at radius 3 is 2.70 bits per heavy atom. The van der Waals surface area contributed by atoms with E-state index in [1.807, 2.05) is 62.4 Å². The van der Waals surface area contributed by atoms with Crippen molar-refractivity contribution in [1.29, 1.82) is 0 Å². The van der Waals surface area contributed by atoms with Gasteiger partial charge < -0.3 is 15.4 Å². The predicted molar refractivity (Wildman–Crippen MR) is 95.4 cm³/mol. The van der Waals surface area contributed by atoms with E-state index in [1.165, 1.54) is 0 Å². The van der Waals surface area contributed by atoms with Gasteiger partial charge in [-0.15, -0.1) is 0 Å². The van der Waals surface area contributed by atoms with Crippen molar-refractivity contribution in [3.05, 3.63) is 53.6 Å². The van der Waals surface area contributed by atoms with Gasteiger partial charge in [0.25, 0.3) is 0 Å². The van der Waals surface area contributed by atoms with E-state index in [1.54, 1.807) is 0 Å². The van der Waals surface area contributed by atoms with Crippen LogP contribution in [0, 0.1) is 0 Å². The Labute approximate surface area is 141 Å². The number of hydrogen-bond donors (Lipinski definition) is 2. The van der Waals surface area contributed by atoms with Crippen molar-refractivity contribution in [3.8, 4) is 5.75 Å². The van der Waals surface area contributed by atoms with Crippen LogP contribution in [0.3, 0.4) is 0 Å². The maximum atomic E-state index is 12.1. The normalized spacial score (nSPS) is 10.4. The number of rotatable bonds is 7. The molecule has 2 rings (SSSR count). The zero-order valence-corrected chi connectivity index (χ0v) is 14.1. The number of halogens is 1. The molecule has 0 saturated carbocycles. The van der Waals surface area contributed by atoms with E-state index in [-0.39, 0.29) is 12.0 Å². The van der Waals surface area contributed by atoms with Crippen molar-refractivity contribution >= 4 is 28.9 Å². The van der Waals surface area contributed by atoms with Crippen molar-refractivity contribution in [3.63, 3.8) is 0 Å². The number of carbonyl (C=O) groups is 1. The van der Waals surface area contributed by atoms with Gasteiger partial charge in [0.2, 0.25) is 5.91 Å². The summed E-state index contributed by atoms with van der Waals surface area (Å²) in [6, 6.07) is 14.8. The molecule has 5 heteroatoms. The summed E-state index contributed by atoms with van der Waals surface area (Å²) in [5, 5.41) is 6.72. The number of hydrogen-bond acceptors (Lipinski definition) is 3. The first kappa shape index (κ1) is 17.2. The lowest BCUT2D eigenvalue weighted by Gasteiger charge is -2.15. The molecule has 122 valence electrons. The molecule has 0 fully saturated rings. The van der Waals surface area contributed by atoms with Crippen LogP contribution in [0.4, 0.5) is 11.4 Å². The Morgan fingerprint density at radius 2 is 1.96 bits per heavy atom. The number of anilines is 2. The monoisotopic (exact) mass is 332 g/mol. The lowest BCUT2D eigenvalue weighted by atomic mass is 10.2. The summed E-state index contributed by atoms with van der Waals surface area (Å²) >= 11 is 5.92. The minimum Gasteiger partial charge on any atom is -0.489 e. The van der Waals surface area contributed by atoms with Crippen LogP contribution in [0.25, 0.3) is 0 Å². The number of carbonyl (C=O) groups excluding carboxylic acids is 1. The highest BCUT2D eigenvalue weighted by molar-refractivity contribution is 6.30. The molecule has 0 unspecified atom stereocenters. The zero-order chi connectivity index (χ0) is 16.7. The molecule has 0 saturated heterocycles. The Bertz CT molecular complexity index is 659. The van der Waals surface area contributed by atoms with E-state index in [0.29, 0.717) is 29.4 Å². The molecule has 0 aromatic heterocycles. The van der Waals surface area contributed by atoms with Gasteiger partial charge in [-0.05, 0) is 44.2 Å². The third-order valence-corrected chi connectivity index (χ3v) is 3.26. The summed E-state index contributed by atoms with van der Waals surface area (Å²) < 4.78 is 5.69. The fraction of sp³-hybridized carbons (Fsp3) is 0.278. The largest absolute Gasteiger partial charge is 0.489 e. The predicted octanol–water partition coefficient (Wildman–Crippen LogP) is 4.57. The van der Waals surface area contributed by atoms with Crippen molar-refractivity contribution < 1.29 is 9.53 Å². The maximum absolute atomic E-state index is 12.1. The smallest absolute Gasteiger partial charge is 0.226 e. The minimum absolute atomic E-state index is 0.0533. The lowest BCUT2D eigenvalue weighted by Crippen LogP contribution is -2.17. The molecule has 0 aliphatic rings. The van der Waals surface area contributed by atoms with Gasteiger partial charge in [-0.1, -0.05) is 29.8 Å². The van der Waals surface area contributed by atoms with E-state index in [0.717, 1.165) is 5.69 Å². The van der Waals surface area contributed by atoms with E-state index in [9.17, 15) is 4.79 Å². The Morgan fingerprint density at radius 1 is 1.17 bits per heavy atom. The van der Waals surface area contributed by atoms with E-state index in [2.05, 4.69) is 10.6 Å². The number of ether oxygens (including phenoxy) is 1. The molecule has 0 aliphatic heterocycles. The maximum Gasteiger partial charge on any atom is 0.226 e. The first-order chi connectivity index (χ1) is 11.0. The van der Waals surface area contributed by atoms with Crippen LogP contribution in [0.2, 0.25) is 5.02 Å². The molecule has 0 aliphatic carbocycles. The summed E-state index contributed by atoms with van der Waals surface area (Å²) in [6.07, 6.45) is 0.403. The summed E-state index contributed by atoms with van der Waals surface area (Å²) in [5.41, 5.74) is 1.59. The minimum atomic E-state index is -0.0701. The third-order valence-electron chi connectivity index (χ3n) is 3.03. The molecule has 2 N–H and O–H groups in total. The molecule has 4 nitrogen and oxygen atoms in total. The second-order valence-electron chi connectivity index (χ2n) is 5.40. The van der Waals surface area contributed by atoms with Crippen LogP contribution in [0.5, 0.6) is 5.75 Å². The molecular weight excluding hydrogens is 312 g/mol. The Balaban J connectivity index is 1.85. The highest BCUT2D eigenvalue weighted by Crippen LogP contribution is 2.25. The summed E-state index contributed by atoms with van der Waals surface area (Å²) in [7, 11) is 0. The molecule has 2 aromatic rings. The van der Waals surface area contributed by atoms with Gasteiger partial charge >= 0.3 is 0 Å². The third kappa shape index (κ3) is 5.83. The lowest BCUT2D eigenvalue weighted by molar-refractivity contribution is -0.116. The second kappa shape index (κ2) is 8.44. The zero-order valence-electron chi connectivity index (χ0n) is 13.3. The Kier molecular flexibility index (Phi) is 6.29. The van der Waals surface area contributed by atoms with Crippen LogP contribution in [-0.4, -0.2) is 18.6 Å². The Hall–Kier alpha value is -2.20. The molecule has 0 atom stereocenters. The fourth-order valence-corrected chi connectivity index (χ4v) is 2.25. The molecule has 0 radical (unpaired) electrons. The first-order valence-corrected chi connectivity index (χ1v) is 7.97. The van der Waals surface area contributed by atoms with Gasteiger partial charge in [0.15, 0.2) is 0 Å². The van der Waals surface area contributed by atoms with Gasteiger partial charge in [-0.25, -0.2) is 0 Å². The van der Waals surface area contributed by atoms with E-state index >= 15 is 0 Å². The quantitative estimate of drug-likeness (QED) is 0.781. The molecule has 23 heavy (non-hydrogen) atoms. The van der Waals surface area contributed by atoms with Crippen molar-refractivity contribution in [2.24, 2.45) is 0 Å². The topological polar surface area (TPSA) is 50.4 Å². The van der Waals surface area contributed by atoms with Crippen molar-refractivity contribution in [2.75, 3.05) is 17.2 Å². The average molecular weight is 333 g/mol. The van der Waals surface area contributed by atoms with Gasteiger partial charge in [0.1, 0.15) is 5.75 Å². The highest BCUT2D eigenvalue weighted by atomic mass is 35.5. The molecular formula is C18H21ClN2O2. The number of benzene rings is 2. The molecule has 2 aromatic carbocycles. The second-order valence-corrected chi connectivity index (χ2v) is 5.83. The number of para-hydroxylation sites is 2. The summed E-state index contributed by atoms with van der Waals surface area (Å²) in [5.74, 6) is 0.609. The van der Waals surface area contributed by atoms with Crippen molar-refractivity contribution in [1.82, 2.24) is 0 Å². The number of nitrogens with one attached hydrogen (secondary N) is 2. The van der Waals surface area contributed by atoms with Crippen LogP contribution in [0.15, 0.2) is 48.5 Å². The van der Waals surface area contributed by atoms with Crippen LogP contribution in [-0.2, 0) is 4.79 Å². The first-order valence-electron chi connectivity index (χ1n) is 7.59. The van der Waals surface area contributed by atoms with E-state index < -0.39 is 0 Å². The molecule has 1 amide bonds. The summed E-state index contributed by atoms with van der Waals surface area (Å²) in [4.78, 5) is 12.1. The highest BCUT2D eigenvalue weighted by Gasteiger charge is 2.08. The van der Waals surface area contributed by atoms with Gasteiger partial charge in [-0.3, -0.25) is 4.79 Å². The molecule has 0 heterocycles. The van der Waals surface area contributed by atoms with Gasteiger partial charge in [0, 0.05) is 23.7 Å². The molecule has 0 spiro atoms. The van der Waals surface area contributed by atoms with E-state index in [4.69, 9.17) is 16.3 Å². The van der Waals surface area contributed by atoms with Crippen LogP contribution >= 0.6 is 11.6 Å².